The number of piperidine rings is 1. The predicted octanol–water partition coefficient (Wildman–Crippen LogP) is 2.65. The van der Waals surface area contributed by atoms with Crippen molar-refractivity contribution >= 4 is 17.7 Å². The standard InChI is InChI=1S/C23H29N3O3/c27-20-5-4-19(21(28)25-20)26-14-16-12-15(2-3-18(16)22(26)29)13-24-17-6-10-23(11-7-17)8-1-9-23/h2-3,12,17,19,24H,1,4-11,13-14H2,(H,25,27,28). The number of amides is 3. The fourth-order valence-corrected chi connectivity index (χ4v) is 5.61. The Morgan fingerprint density at radius 3 is 2.55 bits per heavy atom. The second kappa shape index (κ2) is 7.24. The first kappa shape index (κ1) is 18.8. The molecule has 0 aromatic heterocycles. The molecule has 2 saturated carbocycles. The highest BCUT2D eigenvalue weighted by molar-refractivity contribution is 6.05. The molecule has 154 valence electrons. The summed E-state index contributed by atoms with van der Waals surface area (Å²) in [5.74, 6) is -0.715. The van der Waals surface area contributed by atoms with Crippen LogP contribution in [0.1, 0.15) is 79.3 Å². The predicted molar refractivity (Wildman–Crippen MR) is 108 cm³/mol. The van der Waals surface area contributed by atoms with Crippen LogP contribution < -0.4 is 10.6 Å². The van der Waals surface area contributed by atoms with Crippen LogP contribution in [0, 0.1) is 5.41 Å². The minimum absolute atomic E-state index is 0.105. The molecule has 0 bridgehead atoms. The molecule has 3 amide bonds. The second-order valence-corrected chi connectivity index (χ2v) is 9.40. The van der Waals surface area contributed by atoms with Gasteiger partial charge in [-0.3, -0.25) is 19.7 Å². The average Bonchev–Trinajstić information content (AvgIpc) is 3.01. The molecule has 6 nitrogen and oxygen atoms in total. The molecular weight excluding hydrogens is 366 g/mol. The third kappa shape index (κ3) is 3.48. The summed E-state index contributed by atoms with van der Waals surface area (Å²) in [6, 6.07) is 6.06. The number of nitrogens with zero attached hydrogens (tertiary/aromatic N) is 1. The fourth-order valence-electron chi connectivity index (χ4n) is 5.61. The van der Waals surface area contributed by atoms with E-state index in [1.807, 2.05) is 12.1 Å². The lowest BCUT2D eigenvalue weighted by Gasteiger charge is -2.47. The molecule has 4 aliphatic rings. The van der Waals surface area contributed by atoms with Crippen molar-refractivity contribution in [3.63, 3.8) is 0 Å². The van der Waals surface area contributed by atoms with Gasteiger partial charge in [0.25, 0.3) is 5.91 Å². The molecule has 1 spiro atoms. The molecule has 1 atom stereocenters. The zero-order valence-corrected chi connectivity index (χ0v) is 16.8. The normalized spacial score (nSPS) is 26.4. The van der Waals surface area contributed by atoms with Gasteiger partial charge in [-0.15, -0.1) is 0 Å². The van der Waals surface area contributed by atoms with E-state index in [0.29, 0.717) is 30.0 Å². The molecule has 5 rings (SSSR count). The topological polar surface area (TPSA) is 78.5 Å². The van der Waals surface area contributed by atoms with Gasteiger partial charge < -0.3 is 10.2 Å². The quantitative estimate of drug-likeness (QED) is 0.769. The lowest BCUT2D eigenvalue weighted by Crippen LogP contribution is -2.52. The summed E-state index contributed by atoms with van der Waals surface area (Å²) in [4.78, 5) is 38.0. The number of hydrogen-bond acceptors (Lipinski definition) is 4. The van der Waals surface area contributed by atoms with Gasteiger partial charge in [0.2, 0.25) is 11.8 Å². The van der Waals surface area contributed by atoms with E-state index in [1.54, 1.807) is 4.90 Å². The smallest absolute Gasteiger partial charge is 0.255 e. The number of rotatable bonds is 4. The van der Waals surface area contributed by atoms with Crippen molar-refractivity contribution in [3.05, 3.63) is 34.9 Å². The Hall–Kier alpha value is -2.21. The van der Waals surface area contributed by atoms with Crippen molar-refractivity contribution < 1.29 is 14.4 Å². The van der Waals surface area contributed by atoms with Crippen molar-refractivity contribution in [2.24, 2.45) is 5.41 Å². The summed E-state index contributed by atoms with van der Waals surface area (Å²) in [6.07, 6.45) is 10.2. The third-order valence-electron chi connectivity index (χ3n) is 7.64. The Morgan fingerprint density at radius 2 is 1.86 bits per heavy atom. The molecule has 29 heavy (non-hydrogen) atoms. The summed E-state index contributed by atoms with van der Waals surface area (Å²) in [6.45, 7) is 1.26. The molecule has 2 heterocycles. The first-order chi connectivity index (χ1) is 14.0. The lowest BCUT2D eigenvalue weighted by atomic mass is 9.60. The van der Waals surface area contributed by atoms with Crippen LogP contribution in [0.2, 0.25) is 0 Å². The van der Waals surface area contributed by atoms with E-state index in [-0.39, 0.29) is 24.1 Å². The Morgan fingerprint density at radius 1 is 1.07 bits per heavy atom. The van der Waals surface area contributed by atoms with E-state index >= 15 is 0 Å². The van der Waals surface area contributed by atoms with E-state index in [0.717, 1.165) is 12.1 Å². The van der Waals surface area contributed by atoms with Crippen LogP contribution in [0.4, 0.5) is 0 Å². The SMILES string of the molecule is O=C1CCC(N2Cc3cc(CNC4CCC5(CCC5)CC4)ccc3C2=O)C(=O)N1. The number of benzene rings is 1. The molecule has 3 fully saturated rings. The largest absolute Gasteiger partial charge is 0.322 e. The van der Waals surface area contributed by atoms with Gasteiger partial charge >= 0.3 is 0 Å². The number of carbonyl (C=O) groups excluding carboxylic acids is 3. The fraction of sp³-hybridized carbons (Fsp3) is 0.609. The highest BCUT2D eigenvalue weighted by Crippen LogP contribution is 2.51. The van der Waals surface area contributed by atoms with Gasteiger partial charge in [-0.2, -0.15) is 0 Å². The minimum atomic E-state index is -0.546. The molecule has 6 heteroatoms. The highest BCUT2D eigenvalue weighted by Gasteiger charge is 2.40. The first-order valence-electron chi connectivity index (χ1n) is 11.0. The van der Waals surface area contributed by atoms with Gasteiger partial charge in [-0.25, -0.2) is 0 Å². The van der Waals surface area contributed by atoms with Crippen LogP contribution in [-0.4, -0.2) is 34.7 Å². The number of imide groups is 1. The Kier molecular flexibility index (Phi) is 4.69. The van der Waals surface area contributed by atoms with Gasteiger partial charge in [0.05, 0.1) is 0 Å². The van der Waals surface area contributed by atoms with Gasteiger partial charge in [-0.1, -0.05) is 18.6 Å². The van der Waals surface area contributed by atoms with Crippen molar-refractivity contribution in [2.45, 2.75) is 83.0 Å². The maximum atomic E-state index is 12.8. The molecule has 0 radical (unpaired) electrons. The minimum Gasteiger partial charge on any atom is -0.322 e. The van der Waals surface area contributed by atoms with Gasteiger partial charge in [0, 0.05) is 31.1 Å². The van der Waals surface area contributed by atoms with Crippen LogP contribution in [0.5, 0.6) is 0 Å². The van der Waals surface area contributed by atoms with Gasteiger partial charge in [0.15, 0.2) is 0 Å². The Bertz CT molecular complexity index is 851. The van der Waals surface area contributed by atoms with Crippen LogP contribution in [-0.2, 0) is 22.7 Å². The molecule has 1 aromatic rings. The second-order valence-electron chi connectivity index (χ2n) is 9.40. The van der Waals surface area contributed by atoms with Crippen LogP contribution in [0.25, 0.3) is 0 Å². The first-order valence-corrected chi connectivity index (χ1v) is 11.0. The zero-order valence-electron chi connectivity index (χ0n) is 16.8. The van der Waals surface area contributed by atoms with E-state index in [4.69, 9.17) is 0 Å². The molecule has 2 aliphatic heterocycles. The third-order valence-corrected chi connectivity index (χ3v) is 7.64. The van der Waals surface area contributed by atoms with Crippen molar-refractivity contribution in [2.75, 3.05) is 0 Å². The van der Waals surface area contributed by atoms with Crippen molar-refractivity contribution in [1.29, 1.82) is 0 Å². The van der Waals surface area contributed by atoms with E-state index in [9.17, 15) is 14.4 Å². The highest BCUT2D eigenvalue weighted by atomic mass is 16.2. The zero-order chi connectivity index (χ0) is 20.0. The van der Waals surface area contributed by atoms with Crippen LogP contribution in [0.3, 0.4) is 0 Å². The lowest BCUT2D eigenvalue weighted by molar-refractivity contribution is -0.136. The van der Waals surface area contributed by atoms with Crippen LogP contribution >= 0.6 is 0 Å². The van der Waals surface area contributed by atoms with E-state index < -0.39 is 6.04 Å². The van der Waals surface area contributed by atoms with Crippen molar-refractivity contribution in [3.8, 4) is 0 Å². The maximum absolute atomic E-state index is 12.8. The number of nitrogens with one attached hydrogen (secondary N) is 2. The monoisotopic (exact) mass is 395 g/mol. The molecule has 2 N–H and O–H groups in total. The molecule has 1 saturated heterocycles. The summed E-state index contributed by atoms with van der Waals surface area (Å²) in [5, 5.41) is 6.07. The Balaban J connectivity index is 1.20. The van der Waals surface area contributed by atoms with Crippen LogP contribution in [0.15, 0.2) is 18.2 Å². The molecule has 1 unspecified atom stereocenters. The summed E-state index contributed by atoms with van der Waals surface area (Å²) >= 11 is 0. The van der Waals surface area contributed by atoms with E-state index in [1.165, 1.54) is 50.5 Å². The van der Waals surface area contributed by atoms with Crippen molar-refractivity contribution in [1.82, 2.24) is 15.5 Å². The van der Waals surface area contributed by atoms with Gasteiger partial charge in [-0.05, 0) is 67.6 Å². The molecule has 1 aromatic carbocycles. The molecular formula is C23H29N3O3. The van der Waals surface area contributed by atoms with E-state index in [2.05, 4.69) is 16.7 Å². The number of carbonyl (C=O) groups is 3. The molecule has 2 aliphatic carbocycles. The summed E-state index contributed by atoms with van der Waals surface area (Å²) in [7, 11) is 0. The number of fused-ring (bicyclic) bond motifs is 1. The summed E-state index contributed by atoms with van der Waals surface area (Å²) < 4.78 is 0. The number of hydrogen-bond donors (Lipinski definition) is 2. The maximum Gasteiger partial charge on any atom is 0.255 e. The Labute approximate surface area is 171 Å². The average molecular weight is 396 g/mol. The van der Waals surface area contributed by atoms with Gasteiger partial charge in [0.1, 0.15) is 6.04 Å². The summed E-state index contributed by atoms with van der Waals surface area (Å²) in [5.41, 5.74) is 3.54.